The molecule has 1 fully saturated rings. The normalized spacial score (nSPS) is 20.8. The molecule has 0 unspecified atom stereocenters. The van der Waals surface area contributed by atoms with Crippen LogP contribution in [0.5, 0.6) is 0 Å². The Morgan fingerprint density at radius 2 is 2.08 bits per heavy atom. The van der Waals surface area contributed by atoms with Crippen molar-refractivity contribution < 1.29 is 4.79 Å². The van der Waals surface area contributed by atoms with E-state index in [-0.39, 0.29) is 5.91 Å². The molecule has 1 aliphatic carbocycles. The number of nitrogens with zero attached hydrogens (tertiary/aromatic N) is 2. The Morgan fingerprint density at radius 3 is 2.79 bits per heavy atom. The Morgan fingerprint density at radius 1 is 1.33 bits per heavy atom. The number of halogens is 1. The topological polar surface area (TPSA) is 33.2 Å². The first-order valence-electron chi connectivity index (χ1n) is 8.49. The maximum Gasteiger partial charge on any atom is 0.228 e. The van der Waals surface area contributed by atoms with Crippen molar-refractivity contribution in [3.05, 3.63) is 39.8 Å². The van der Waals surface area contributed by atoms with Crippen molar-refractivity contribution in [2.24, 2.45) is 5.92 Å². The monoisotopic (exact) mass is 406 g/mol. The summed E-state index contributed by atoms with van der Waals surface area (Å²) in [5.41, 5.74) is 1.96. The molecule has 0 bridgehead atoms. The number of carbonyl (C=O) groups excluding carboxylic acids is 1. The van der Waals surface area contributed by atoms with Gasteiger partial charge in [0.15, 0.2) is 0 Å². The Bertz CT molecular complexity index is 707. The van der Waals surface area contributed by atoms with Crippen molar-refractivity contribution >= 4 is 33.2 Å². The fourth-order valence-electron chi connectivity index (χ4n) is 3.26. The molecule has 24 heavy (non-hydrogen) atoms. The second kappa shape index (κ2) is 7.79. The van der Waals surface area contributed by atoms with Crippen LogP contribution in [0.1, 0.15) is 38.3 Å². The van der Waals surface area contributed by atoms with Crippen molar-refractivity contribution in [1.82, 2.24) is 9.88 Å². The molecule has 3 rings (SSSR count). The van der Waals surface area contributed by atoms with Crippen molar-refractivity contribution in [3.8, 4) is 10.6 Å². The lowest BCUT2D eigenvalue weighted by Crippen LogP contribution is -2.40. The van der Waals surface area contributed by atoms with E-state index in [1.807, 2.05) is 35.5 Å². The van der Waals surface area contributed by atoms with E-state index in [2.05, 4.69) is 33.9 Å². The molecule has 128 valence electrons. The van der Waals surface area contributed by atoms with Gasteiger partial charge in [0.2, 0.25) is 5.91 Å². The number of hydrogen-bond acceptors (Lipinski definition) is 3. The Labute approximate surface area is 156 Å². The average Bonchev–Trinajstić information content (AvgIpc) is 3.03. The standard InChI is InChI=1S/C19H23BrN2OS/c1-13-6-8-17(9-7-13)22(2)18(23)11-16-12-24-19(21-16)14-4-3-5-15(20)10-14/h3-5,10,12-13,17H,6-9,11H2,1-2H3. The van der Waals surface area contributed by atoms with Crippen molar-refractivity contribution in [3.63, 3.8) is 0 Å². The zero-order valence-electron chi connectivity index (χ0n) is 14.2. The molecule has 2 aromatic rings. The summed E-state index contributed by atoms with van der Waals surface area (Å²) in [6.45, 7) is 2.30. The van der Waals surface area contributed by atoms with Crippen molar-refractivity contribution in [2.45, 2.75) is 45.1 Å². The van der Waals surface area contributed by atoms with Crippen LogP contribution in [-0.4, -0.2) is 28.9 Å². The van der Waals surface area contributed by atoms with Crippen molar-refractivity contribution in [1.29, 1.82) is 0 Å². The van der Waals surface area contributed by atoms with Gasteiger partial charge in [0.05, 0.1) is 12.1 Å². The number of benzene rings is 1. The van der Waals surface area contributed by atoms with E-state index in [0.29, 0.717) is 12.5 Å². The van der Waals surface area contributed by atoms with E-state index in [9.17, 15) is 4.79 Å². The molecule has 1 aliphatic rings. The molecular formula is C19H23BrN2OS. The molecule has 0 aliphatic heterocycles. The van der Waals surface area contributed by atoms with Gasteiger partial charge in [0, 0.05) is 28.5 Å². The second-order valence-corrected chi connectivity index (χ2v) is 8.52. The van der Waals surface area contributed by atoms with Crippen LogP contribution in [0, 0.1) is 5.92 Å². The highest BCUT2D eigenvalue weighted by Gasteiger charge is 2.25. The minimum atomic E-state index is 0.181. The van der Waals surface area contributed by atoms with Gasteiger partial charge < -0.3 is 4.90 Å². The number of aromatic nitrogens is 1. The minimum Gasteiger partial charge on any atom is -0.342 e. The summed E-state index contributed by atoms with van der Waals surface area (Å²) in [5, 5.41) is 2.97. The summed E-state index contributed by atoms with van der Waals surface area (Å²) < 4.78 is 1.04. The van der Waals surface area contributed by atoms with E-state index in [4.69, 9.17) is 0 Å². The maximum absolute atomic E-state index is 12.6. The first-order chi connectivity index (χ1) is 11.5. The zero-order valence-corrected chi connectivity index (χ0v) is 16.6. The summed E-state index contributed by atoms with van der Waals surface area (Å²) >= 11 is 5.09. The summed E-state index contributed by atoms with van der Waals surface area (Å²) in [5.74, 6) is 0.983. The van der Waals surface area contributed by atoms with E-state index in [1.54, 1.807) is 11.3 Å². The molecule has 1 aromatic carbocycles. The quantitative estimate of drug-likeness (QED) is 0.702. The predicted molar refractivity (Wildman–Crippen MR) is 103 cm³/mol. The fraction of sp³-hybridized carbons (Fsp3) is 0.474. The first kappa shape index (κ1) is 17.6. The van der Waals surface area contributed by atoms with Gasteiger partial charge in [0.25, 0.3) is 0 Å². The number of amides is 1. The van der Waals surface area contributed by atoms with E-state index in [0.717, 1.165) is 39.5 Å². The smallest absolute Gasteiger partial charge is 0.228 e. The van der Waals surface area contributed by atoms with Gasteiger partial charge in [-0.05, 0) is 43.7 Å². The lowest BCUT2D eigenvalue weighted by molar-refractivity contribution is -0.132. The minimum absolute atomic E-state index is 0.181. The van der Waals surface area contributed by atoms with Crippen LogP contribution in [0.4, 0.5) is 0 Å². The molecule has 5 heteroatoms. The molecule has 1 heterocycles. The SMILES string of the molecule is CC1CCC(N(C)C(=O)Cc2csc(-c3cccc(Br)c3)n2)CC1. The highest BCUT2D eigenvalue weighted by molar-refractivity contribution is 9.10. The summed E-state index contributed by atoms with van der Waals surface area (Å²) in [7, 11) is 1.95. The number of likely N-dealkylation sites (N-methyl/N-ethyl adjacent to an activating group) is 1. The molecule has 0 atom stereocenters. The first-order valence-corrected chi connectivity index (χ1v) is 10.2. The zero-order chi connectivity index (χ0) is 17.1. The van der Waals surface area contributed by atoms with Gasteiger partial charge in [0.1, 0.15) is 5.01 Å². The highest BCUT2D eigenvalue weighted by atomic mass is 79.9. The van der Waals surface area contributed by atoms with E-state index in [1.165, 1.54) is 12.8 Å². The number of carbonyl (C=O) groups is 1. The lowest BCUT2D eigenvalue weighted by atomic mass is 9.86. The Balaban J connectivity index is 1.63. The third kappa shape index (κ3) is 4.25. The van der Waals surface area contributed by atoms with Crippen LogP contribution < -0.4 is 0 Å². The molecular weight excluding hydrogens is 384 g/mol. The maximum atomic E-state index is 12.6. The molecule has 1 aromatic heterocycles. The largest absolute Gasteiger partial charge is 0.342 e. The summed E-state index contributed by atoms with van der Waals surface area (Å²) in [6, 6.07) is 8.51. The second-order valence-electron chi connectivity index (χ2n) is 6.75. The third-order valence-corrected chi connectivity index (χ3v) is 6.32. The van der Waals surface area contributed by atoms with Crippen LogP contribution in [-0.2, 0) is 11.2 Å². The van der Waals surface area contributed by atoms with Crippen LogP contribution in [0.15, 0.2) is 34.1 Å². The Hall–Kier alpha value is -1.20. The van der Waals surface area contributed by atoms with E-state index >= 15 is 0 Å². The van der Waals surface area contributed by atoms with Gasteiger partial charge >= 0.3 is 0 Å². The van der Waals surface area contributed by atoms with Gasteiger partial charge in [-0.3, -0.25) is 4.79 Å². The predicted octanol–water partition coefficient (Wildman–Crippen LogP) is 5.15. The molecule has 3 nitrogen and oxygen atoms in total. The number of rotatable bonds is 4. The molecule has 0 saturated heterocycles. The molecule has 0 spiro atoms. The molecule has 1 amide bonds. The van der Waals surface area contributed by atoms with Gasteiger partial charge in [-0.2, -0.15) is 0 Å². The van der Waals surface area contributed by atoms with Gasteiger partial charge in [-0.15, -0.1) is 11.3 Å². The highest BCUT2D eigenvalue weighted by Crippen LogP contribution is 2.28. The molecule has 1 saturated carbocycles. The average molecular weight is 407 g/mol. The lowest BCUT2D eigenvalue weighted by Gasteiger charge is -2.33. The summed E-state index contributed by atoms with van der Waals surface area (Å²) in [4.78, 5) is 19.2. The van der Waals surface area contributed by atoms with Gasteiger partial charge in [-0.1, -0.05) is 35.0 Å². The fourth-order valence-corrected chi connectivity index (χ4v) is 4.47. The molecule has 0 N–H and O–H groups in total. The van der Waals surface area contributed by atoms with E-state index < -0.39 is 0 Å². The summed E-state index contributed by atoms with van der Waals surface area (Å²) in [6.07, 6.45) is 5.11. The van der Waals surface area contributed by atoms with Crippen LogP contribution in [0.3, 0.4) is 0 Å². The van der Waals surface area contributed by atoms with Crippen LogP contribution in [0.25, 0.3) is 10.6 Å². The van der Waals surface area contributed by atoms with Crippen LogP contribution in [0.2, 0.25) is 0 Å². The van der Waals surface area contributed by atoms with Crippen LogP contribution >= 0.6 is 27.3 Å². The Kier molecular flexibility index (Phi) is 5.72. The third-order valence-electron chi connectivity index (χ3n) is 4.88. The molecule has 0 radical (unpaired) electrons. The van der Waals surface area contributed by atoms with Gasteiger partial charge in [-0.25, -0.2) is 4.98 Å². The number of hydrogen-bond donors (Lipinski definition) is 0. The van der Waals surface area contributed by atoms with Crippen molar-refractivity contribution in [2.75, 3.05) is 7.05 Å². The number of thiazole rings is 1.